The van der Waals surface area contributed by atoms with Gasteiger partial charge in [-0.05, 0) is 12.1 Å². The van der Waals surface area contributed by atoms with Gasteiger partial charge in [0.2, 0.25) is 0 Å². The molecule has 0 aliphatic rings. The maximum atomic E-state index is 9.46. The summed E-state index contributed by atoms with van der Waals surface area (Å²) in [5.41, 5.74) is 6.42. The number of phenols is 1. The highest BCUT2D eigenvalue weighted by Crippen LogP contribution is 2.28. The second-order valence-electron chi connectivity index (χ2n) is 2.52. The zero-order chi connectivity index (χ0) is 9.26. The highest BCUT2D eigenvalue weighted by molar-refractivity contribution is 5.65. The molecule has 5 heteroatoms. The molecule has 0 saturated heterocycles. The van der Waals surface area contributed by atoms with Crippen molar-refractivity contribution >= 4 is 5.69 Å². The Bertz CT molecular complexity index is 411. The highest BCUT2D eigenvalue weighted by Gasteiger charge is 2.08. The van der Waals surface area contributed by atoms with E-state index in [2.05, 4.69) is 10.1 Å². The molecule has 2 aromatic rings. The first-order valence-electron chi connectivity index (χ1n) is 3.63. The van der Waals surface area contributed by atoms with Crippen molar-refractivity contribution in [3.8, 4) is 17.2 Å². The zero-order valence-electron chi connectivity index (χ0n) is 6.64. The predicted octanol–water partition coefficient (Wildman–Crippen LogP) is 1.02. The van der Waals surface area contributed by atoms with Gasteiger partial charge in [-0.25, -0.2) is 0 Å². The average molecular weight is 177 g/mol. The predicted molar refractivity (Wildman–Crippen MR) is 45.8 cm³/mol. The summed E-state index contributed by atoms with van der Waals surface area (Å²) in [6.45, 7) is 0. The van der Waals surface area contributed by atoms with Crippen molar-refractivity contribution in [2.75, 3.05) is 5.73 Å². The molecule has 0 radical (unpaired) electrons. The molecule has 3 N–H and O–H groups in total. The van der Waals surface area contributed by atoms with Gasteiger partial charge >= 0.3 is 0 Å². The minimum absolute atomic E-state index is 0.0317. The average Bonchev–Trinajstić information content (AvgIpc) is 2.56. The van der Waals surface area contributed by atoms with Crippen molar-refractivity contribution in [3.05, 3.63) is 24.5 Å². The van der Waals surface area contributed by atoms with Crippen LogP contribution in [-0.2, 0) is 0 Å². The molecule has 0 fully saturated rings. The van der Waals surface area contributed by atoms with Gasteiger partial charge in [-0.2, -0.15) is 4.98 Å². The van der Waals surface area contributed by atoms with Crippen LogP contribution in [0.5, 0.6) is 5.75 Å². The van der Waals surface area contributed by atoms with Crippen molar-refractivity contribution in [1.82, 2.24) is 10.1 Å². The van der Waals surface area contributed by atoms with Crippen molar-refractivity contribution in [3.63, 3.8) is 0 Å². The zero-order valence-corrected chi connectivity index (χ0v) is 6.64. The third-order valence-corrected chi connectivity index (χ3v) is 1.61. The minimum atomic E-state index is 0.0317. The third-order valence-electron chi connectivity index (χ3n) is 1.61. The van der Waals surface area contributed by atoms with Gasteiger partial charge in [-0.1, -0.05) is 5.16 Å². The van der Waals surface area contributed by atoms with E-state index < -0.39 is 0 Å². The Morgan fingerprint density at radius 3 is 2.85 bits per heavy atom. The van der Waals surface area contributed by atoms with Crippen LogP contribution in [-0.4, -0.2) is 15.2 Å². The number of anilines is 1. The highest BCUT2D eigenvalue weighted by atomic mass is 16.5. The number of aromatic nitrogens is 2. The number of hydrogen-bond donors (Lipinski definition) is 2. The molecule has 0 saturated carbocycles. The smallest absolute Gasteiger partial charge is 0.261 e. The molecule has 0 amide bonds. The maximum absolute atomic E-state index is 9.46. The Hall–Kier alpha value is -2.04. The lowest BCUT2D eigenvalue weighted by Crippen LogP contribution is -1.85. The topological polar surface area (TPSA) is 85.2 Å². The van der Waals surface area contributed by atoms with Gasteiger partial charge in [0, 0.05) is 11.8 Å². The molecule has 13 heavy (non-hydrogen) atoms. The second-order valence-corrected chi connectivity index (χ2v) is 2.52. The van der Waals surface area contributed by atoms with Crippen LogP contribution < -0.4 is 5.73 Å². The quantitative estimate of drug-likeness (QED) is 0.635. The first-order valence-corrected chi connectivity index (χ1v) is 3.63. The van der Waals surface area contributed by atoms with Crippen LogP contribution >= 0.6 is 0 Å². The molecular formula is C8H7N3O2. The lowest BCUT2D eigenvalue weighted by Gasteiger charge is -1.99. The lowest BCUT2D eigenvalue weighted by molar-refractivity contribution is 0.424. The first kappa shape index (κ1) is 7.60. The van der Waals surface area contributed by atoms with Gasteiger partial charge in [-0.3, -0.25) is 0 Å². The number of nitrogen functional groups attached to an aromatic ring is 1. The number of nitrogens with two attached hydrogens (primary N) is 1. The molecule has 0 spiro atoms. The monoisotopic (exact) mass is 177 g/mol. The Morgan fingerprint density at radius 1 is 1.38 bits per heavy atom. The van der Waals surface area contributed by atoms with Crippen molar-refractivity contribution in [1.29, 1.82) is 0 Å². The number of hydrogen-bond acceptors (Lipinski definition) is 5. The van der Waals surface area contributed by atoms with E-state index in [1.165, 1.54) is 12.4 Å². The Labute approximate surface area is 73.8 Å². The molecule has 1 heterocycles. The Kier molecular flexibility index (Phi) is 1.63. The molecular weight excluding hydrogens is 170 g/mol. The molecule has 2 rings (SSSR count). The van der Waals surface area contributed by atoms with E-state index in [9.17, 15) is 5.11 Å². The SMILES string of the molecule is Nc1ccc(-c2ncno2)c(O)c1. The van der Waals surface area contributed by atoms with Crippen molar-refractivity contribution in [2.45, 2.75) is 0 Å². The lowest BCUT2D eigenvalue weighted by atomic mass is 10.2. The van der Waals surface area contributed by atoms with E-state index in [1.807, 2.05) is 0 Å². The summed E-state index contributed by atoms with van der Waals surface area (Å²) < 4.78 is 4.78. The summed E-state index contributed by atoms with van der Waals surface area (Å²) in [6, 6.07) is 4.71. The van der Waals surface area contributed by atoms with Crippen molar-refractivity contribution < 1.29 is 9.63 Å². The fraction of sp³-hybridized carbons (Fsp3) is 0. The normalized spacial score (nSPS) is 10.2. The van der Waals surface area contributed by atoms with Crippen LogP contribution in [0, 0.1) is 0 Å². The summed E-state index contributed by atoms with van der Waals surface area (Å²) in [5, 5.41) is 12.9. The fourth-order valence-electron chi connectivity index (χ4n) is 1.02. The summed E-state index contributed by atoms with van der Waals surface area (Å²) in [6.07, 6.45) is 1.27. The number of aromatic hydroxyl groups is 1. The van der Waals surface area contributed by atoms with Gasteiger partial charge in [0.15, 0.2) is 6.33 Å². The summed E-state index contributed by atoms with van der Waals surface area (Å²) in [5.74, 6) is 0.307. The number of rotatable bonds is 1. The molecule has 0 atom stereocenters. The summed E-state index contributed by atoms with van der Waals surface area (Å²) in [4.78, 5) is 3.80. The Balaban J connectivity index is 2.53. The van der Waals surface area contributed by atoms with Gasteiger partial charge in [-0.15, -0.1) is 0 Å². The molecule has 5 nitrogen and oxygen atoms in total. The fourth-order valence-corrected chi connectivity index (χ4v) is 1.02. The number of nitrogens with zero attached hydrogens (tertiary/aromatic N) is 2. The summed E-state index contributed by atoms with van der Waals surface area (Å²) in [7, 11) is 0. The number of benzene rings is 1. The van der Waals surface area contributed by atoms with Gasteiger partial charge in [0.25, 0.3) is 5.89 Å². The van der Waals surface area contributed by atoms with Crippen LogP contribution in [0.15, 0.2) is 29.0 Å². The van der Waals surface area contributed by atoms with Crippen LogP contribution in [0.2, 0.25) is 0 Å². The molecule has 1 aromatic carbocycles. The van der Waals surface area contributed by atoms with E-state index in [0.717, 1.165) is 0 Å². The van der Waals surface area contributed by atoms with E-state index in [0.29, 0.717) is 11.3 Å². The molecule has 0 aliphatic heterocycles. The molecule has 0 bridgehead atoms. The van der Waals surface area contributed by atoms with Crippen LogP contribution in [0.25, 0.3) is 11.5 Å². The van der Waals surface area contributed by atoms with E-state index >= 15 is 0 Å². The largest absolute Gasteiger partial charge is 0.507 e. The van der Waals surface area contributed by atoms with Gasteiger partial charge in [0.05, 0.1) is 5.56 Å². The van der Waals surface area contributed by atoms with Gasteiger partial charge in [0.1, 0.15) is 5.75 Å². The third kappa shape index (κ3) is 1.31. The van der Waals surface area contributed by atoms with Crippen LogP contribution in [0.4, 0.5) is 5.69 Å². The number of phenolic OH excluding ortho intramolecular Hbond substituents is 1. The van der Waals surface area contributed by atoms with Crippen LogP contribution in [0.3, 0.4) is 0 Å². The van der Waals surface area contributed by atoms with E-state index in [-0.39, 0.29) is 11.6 Å². The molecule has 1 aromatic heterocycles. The second kappa shape index (κ2) is 2.78. The summed E-state index contributed by atoms with van der Waals surface area (Å²) >= 11 is 0. The van der Waals surface area contributed by atoms with Gasteiger partial charge < -0.3 is 15.4 Å². The minimum Gasteiger partial charge on any atom is -0.507 e. The maximum Gasteiger partial charge on any atom is 0.261 e. The van der Waals surface area contributed by atoms with Crippen LogP contribution in [0.1, 0.15) is 0 Å². The molecule has 0 aliphatic carbocycles. The van der Waals surface area contributed by atoms with E-state index in [4.69, 9.17) is 10.3 Å². The molecule has 66 valence electrons. The van der Waals surface area contributed by atoms with E-state index in [1.54, 1.807) is 12.1 Å². The molecule has 0 unspecified atom stereocenters. The first-order chi connectivity index (χ1) is 6.27. The van der Waals surface area contributed by atoms with Crippen molar-refractivity contribution in [2.24, 2.45) is 0 Å². The Morgan fingerprint density at radius 2 is 2.23 bits per heavy atom. The standard InChI is InChI=1S/C8H7N3O2/c9-5-1-2-6(7(12)3-5)8-10-4-11-13-8/h1-4,12H,9H2.